The highest BCUT2D eigenvalue weighted by molar-refractivity contribution is 6.46. The van der Waals surface area contributed by atoms with Crippen molar-refractivity contribution in [3.05, 3.63) is 12.2 Å². The minimum Gasteiger partial charge on any atom is -0.393 e. The van der Waals surface area contributed by atoms with Gasteiger partial charge in [0.25, 0.3) is 0 Å². The van der Waals surface area contributed by atoms with Crippen LogP contribution >= 0.6 is 0 Å². The summed E-state index contributed by atoms with van der Waals surface area (Å²) in [7, 11) is -1.02. The second kappa shape index (κ2) is 7.34. The molecule has 0 aromatic heterocycles. The molecule has 0 unspecified atom stereocenters. The zero-order valence-corrected chi connectivity index (χ0v) is 12.0. The van der Waals surface area contributed by atoms with Gasteiger partial charge in [-0.05, 0) is 38.5 Å². The lowest BCUT2D eigenvalue weighted by molar-refractivity contribution is 0.204. The molecule has 2 saturated carbocycles. The van der Waals surface area contributed by atoms with Crippen LogP contribution in [0.15, 0.2) is 12.2 Å². The quantitative estimate of drug-likeness (QED) is 0.507. The molecule has 2 fully saturated rings. The fourth-order valence-corrected chi connectivity index (χ4v) is 4.40. The van der Waals surface area contributed by atoms with Crippen molar-refractivity contribution in [2.24, 2.45) is 5.92 Å². The first-order valence-corrected chi connectivity index (χ1v) is 8.58. The van der Waals surface area contributed by atoms with E-state index < -0.39 is 9.28 Å². The normalized spacial score (nSPS) is 22.7. The predicted molar refractivity (Wildman–Crippen MR) is 72.0 cm³/mol. The van der Waals surface area contributed by atoms with E-state index in [0.717, 1.165) is 24.7 Å². The molecule has 2 aliphatic rings. The number of hydrogen-bond donors (Lipinski definition) is 0. The number of allylic oxidation sites excluding steroid dienone is 1. The molecular weight excluding hydrogens is 228 g/mol. The first-order valence-electron chi connectivity index (χ1n) is 7.19. The van der Waals surface area contributed by atoms with Crippen LogP contribution in [-0.4, -0.2) is 22.5 Å². The molecule has 1 radical (unpaired) electrons. The van der Waals surface area contributed by atoms with E-state index in [1.807, 2.05) is 0 Å². The van der Waals surface area contributed by atoms with Gasteiger partial charge in [0.05, 0.1) is 6.61 Å². The molecule has 2 aliphatic carbocycles. The maximum absolute atomic E-state index is 5.99. The van der Waals surface area contributed by atoms with Gasteiger partial charge in [-0.15, -0.1) is 0 Å². The third kappa shape index (κ3) is 4.94. The fourth-order valence-electron chi connectivity index (χ4n) is 2.42. The van der Waals surface area contributed by atoms with Crippen LogP contribution in [0.4, 0.5) is 0 Å². The SMILES string of the molecule is CCO[Si](OCC=CC1CC1)C1CCCCC1. The average molecular weight is 253 g/mol. The molecule has 0 heterocycles. The molecule has 0 aliphatic heterocycles. The second-order valence-electron chi connectivity index (χ2n) is 5.16. The largest absolute Gasteiger partial charge is 0.393 e. The third-order valence-electron chi connectivity index (χ3n) is 3.58. The van der Waals surface area contributed by atoms with Crippen LogP contribution in [0.5, 0.6) is 0 Å². The summed E-state index contributed by atoms with van der Waals surface area (Å²) >= 11 is 0. The molecule has 0 amide bonds. The lowest BCUT2D eigenvalue weighted by Crippen LogP contribution is -2.30. The van der Waals surface area contributed by atoms with E-state index in [-0.39, 0.29) is 0 Å². The van der Waals surface area contributed by atoms with Gasteiger partial charge in [0, 0.05) is 12.1 Å². The Kier molecular flexibility index (Phi) is 5.75. The Morgan fingerprint density at radius 2 is 1.82 bits per heavy atom. The maximum atomic E-state index is 5.99. The summed E-state index contributed by atoms with van der Waals surface area (Å²) < 4.78 is 11.8. The van der Waals surface area contributed by atoms with Gasteiger partial charge in [-0.1, -0.05) is 31.4 Å². The van der Waals surface area contributed by atoms with E-state index in [1.54, 1.807) is 0 Å². The predicted octanol–water partition coefficient (Wildman–Crippen LogP) is 3.83. The molecule has 2 rings (SSSR count). The van der Waals surface area contributed by atoms with Gasteiger partial charge in [-0.3, -0.25) is 0 Å². The minimum atomic E-state index is -1.02. The van der Waals surface area contributed by atoms with Crippen molar-refractivity contribution in [1.82, 2.24) is 0 Å². The van der Waals surface area contributed by atoms with Crippen LogP contribution in [-0.2, 0) is 8.85 Å². The lowest BCUT2D eigenvalue weighted by atomic mass is 10.0. The van der Waals surface area contributed by atoms with E-state index in [9.17, 15) is 0 Å². The lowest BCUT2D eigenvalue weighted by Gasteiger charge is -2.26. The minimum absolute atomic E-state index is 0.725. The fraction of sp³-hybridized carbons (Fsp3) is 0.857. The Hall–Kier alpha value is -0.123. The van der Waals surface area contributed by atoms with Gasteiger partial charge in [0.15, 0.2) is 0 Å². The highest BCUT2D eigenvalue weighted by Crippen LogP contribution is 2.32. The van der Waals surface area contributed by atoms with Crippen molar-refractivity contribution < 1.29 is 8.85 Å². The van der Waals surface area contributed by atoms with Crippen LogP contribution in [0.25, 0.3) is 0 Å². The van der Waals surface area contributed by atoms with Gasteiger partial charge in [-0.2, -0.15) is 0 Å². The van der Waals surface area contributed by atoms with Crippen LogP contribution in [0.2, 0.25) is 5.54 Å². The van der Waals surface area contributed by atoms with Crippen molar-refractivity contribution in [2.75, 3.05) is 13.2 Å². The van der Waals surface area contributed by atoms with Crippen LogP contribution in [0, 0.1) is 5.92 Å². The van der Waals surface area contributed by atoms with E-state index in [4.69, 9.17) is 8.85 Å². The second-order valence-corrected chi connectivity index (χ2v) is 7.20. The summed E-state index contributed by atoms with van der Waals surface area (Å²) in [4.78, 5) is 0. The molecule has 0 atom stereocenters. The molecule has 3 heteroatoms. The summed E-state index contributed by atoms with van der Waals surface area (Å²) in [6.07, 6.45) is 14.0. The van der Waals surface area contributed by atoms with Crippen molar-refractivity contribution >= 4 is 9.28 Å². The molecule has 0 saturated heterocycles. The van der Waals surface area contributed by atoms with Crippen LogP contribution in [0.3, 0.4) is 0 Å². The van der Waals surface area contributed by atoms with E-state index in [1.165, 1.54) is 44.9 Å². The number of rotatable bonds is 7. The zero-order valence-electron chi connectivity index (χ0n) is 11.0. The average Bonchev–Trinajstić information content (AvgIpc) is 3.18. The Morgan fingerprint density at radius 3 is 2.47 bits per heavy atom. The Bertz CT molecular complexity index is 232. The van der Waals surface area contributed by atoms with E-state index in [0.29, 0.717) is 0 Å². The standard InChI is InChI=1S/C14H25O2Si/c1-2-15-17(14-8-4-3-5-9-14)16-12-6-7-13-10-11-13/h6-7,13-14H,2-5,8-12H2,1H3. The van der Waals surface area contributed by atoms with Gasteiger partial charge in [0.2, 0.25) is 0 Å². The molecule has 97 valence electrons. The monoisotopic (exact) mass is 253 g/mol. The molecule has 0 aromatic rings. The van der Waals surface area contributed by atoms with Crippen LogP contribution in [0.1, 0.15) is 51.9 Å². The third-order valence-corrected chi connectivity index (χ3v) is 5.85. The Morgan fingerprint density at radius 1 is 1.06 bits per heavy atom. The van der Waals surface area contributed by atoms with Gasteiger partial charge >= 0.3 is 9.28 Å². The first kappa shape index (κ1) is 13.3. The molecule has 0 N–H and O–H groups in total. The summed E-state index contributed by atoms with van der Waals surface area (Å²) in [6, 6.07) is 0. The Labute approximate surface area is 107 Å². The maximum Gasteiger partial charge on any atom is 0.388 e. The van der Waals surface area contributed by atoms with Crippen molar-refractivity contribution in [3.63, 3.8) is 0 Å². The van der Waals surface area contributed by atoms with Crippen LogP contribution < -0.4 is 0 Å². The molecule has 0 aromatic carbocycles. The first-order chi connectivity index (χ1) is 8.40. The number of hydrogen-bond acceptors (Lipinski definition) is 2. The molecule has 0 bridgehead atoms. The van der Waals surface area contributed by atoms with Gasteiger partial charge in [0.1, 0.15) is 0 Å². The smallest absolute Gasteiger partial charge is 0.388 e. The van der Waals surface area contributed by atoms with Crippen molar-refractivity contribution in [2.45, 2.75) is 57.4 Å². The zero-order chi connectivity index (χ0) is 11.9. The molecular formula is C14H25O2Si. The Balaban J connectivity index is 1.70. The molecule has 0 spiro atoms. The van der Waals surface area contributed by atoms with E-state index in [2.05, 4.69) is 19.1 Å². The highest BCUT2D eigenvalue weighted by atomic mass is 28.3. The summed E-state index contributed by atoms with van der Waals surface area (Å²) in [5, 5.41) is 0. The van der Waals surface area contributed by atoms with Crippen molar-refractivity contribution in [3.8, 4) is 0 Å². The van der Waals surface area contributed by atoms with E-state index >= 15 is 0 Å². The topological polar surface area (TPSA) is 18.5 Å². The molecule has 2 nitrogen and oxygen atoms in total. The summed E-state index contributed by atoms with van der Waals surface area (Å²) in [5.74, 6) is 0.857. The van der Waals surface area contributed by atoms with Crippen molar-refractivity contribution in [1.29, 1.82) is 0 Å². The van der Waals surface area contributed by atoms with Gasteiger partial charge < -0.3 is 8.85 Å². The summed E-state index contributed by atoms with van der Waals surface area (Å²) in [6.45, 7) is 3.65. The highest BCUT2D eigenvalue weighted by Gasteiger charge is 2.29. The van der Waals surface area contributed by atoms with Gasteiger partial charge in [-0.25, -0.2) is 0 Å². The summed E-state index contributed by atoms with van der Waals surface area (Å²) in [5.41, 5.74) is 0.725. The molecule has 17 heavy (non-hydrogen) atoms.